The number of aromatic hydroxyl groups is 1. The Morgan fingerprint density at radius 3 is 2.47 bits per heavy atom. The summed E-state index contributed by atoms with van der Waals surface area (Å²) < 4.78 is 23.7. The molecule has 2 aliphatic heterocycles. The molecule has 32 heavy (non-hydrogen) atoms. The average molecular weight is 432 g/mol. The van der Waals surface area contributed by atoms with Crippen molar-refractivity contribution < 1.29 is 29.2 Å². The predicted molar refractivity (Wildman–Crippen MR) is 116 cm³/mol. The zero-order valence-electron chi connectivity index (χ0n) is 17.9. The molecule has 2 heterocycles. The zero-order chi connectivity index (χ0) is 22.1. The van der Waals surface area contributed by atoms with Crippen LogP contribution >= 0.6 is 0 Å². The van der Waals surface area contributed by atoms with Crippen molar-refractivity contribution in [2.24, 2.45) is 0 Å². The second-order valence-electron chi connectivity index (χ2n) is 9.18. The van der Waals surface area contributed by atoms with Crippen LogP contribution in [-0.4, -0.2) is 21.8 Å². The van der Waals surface area contributed by atoms with Crippen molar-refractivity contribution in [3.05, 3.63) is 76.9 Å². The summed E-state index contributed by atoms with van der Waals surface area (Å²) in [4.78, 5) is 0. The number of rotatable bonds is 3. The van der Waals surface area contributed by atoms with E-state index in [2.05, 4.69) is 0 Å². The van der Waals surface area contributed by atoms with Gasteiger partial charge >= 0.3 is 0 Å². The van der Waals surface area contributed by atoms with E-state index in [1.54, 1.807) is 12.1 Å². The Morgan fingerprint density at radius 2 is 1.69 bits per heavy atom. The normalized spacial score (nSPS) is 23.7. The fraction of sp³-hybridized carbons (Fsp3) is 0.308. The van der Waals surface area contributed by atoms with E-state index in [9.17, 15) is 10.2 Å². The lowest BCUT2D eigenvalue weighted by atomic mass is 9.87. The first-order valence-electron chi connectivity index (χ1n) is 10.8. The maximum atomic E-state index is 11.4. The fourth-order valence-corrected chi connectivity index (χ4v) is 4.93. The third-order valence-corrected chi connectivity index (χ3v) is 6.37. The van der Waals surface area contributed by atoms with Crippen molar-refractivity contribution in [1.82, 2.24) is 0 Å². The van der Waals surface area contributed by atoms with Gasteiger partial charge in [0.2, 0.25) is 11.6 Å². The minimum Gasteiger partial charge on any atom is -0.504 e. The highest BCUT2D eigenvalue weighted by atomic mass is 16.7. The van der Waals surface area contributed by atoms with E-state index in [1.165, 1.54) is 0 Å². The van der Waals surface area contributed by atoms with E-state index in [0.717, 1.165) is 22.3 Å². The number of phenols is 1. The van der Waals surface area contributed by atoms with E-state index >= 15 is 0 Å². The van der Waals surface area contributed by atoms with Crippen molar-refractivity contribution in [3.63, 3.8) is 0 Å². The molecule has 3 aliphatic rings. The Balaban J connectivity index is 1.29. The first kappa shape index (κ1) is 19.3. The molecule has 6 nitrogen and oxygen atoms in total. The van der Waals surface area contributed by atoms with Gasteiger partial charge in [0.25, 0.3) is 0 Å². The molecule has 1 aliphatic carbocycles. The molecule has 0 amide bonds. The van der Waals surface area contributed by atoms with Gasteiger partial charge in [0.05, 0.1) is 5.92 Å². The van der Waals surface area contributed by atoms with Crippen LogP contribution in [0.2, 0.25) is 0 Å². The van der Waals surface area contributed by atoms with Gasteiger partial charge in [-0.3, -0.25) is 0 Å². The molecule has 2 atom stereocenters. The summed E-state index contributed by atoms with van der Waals surface area (Å²) in [7, 11) is 0. The van der Waals surface area contributed by atoms with Gasteiger partial charge < -0.3 is 29.2 Å². The minimum atomic E-state index is -1.37. The lowest BCUT2D eigenvalue weighted by molar-refractivity contribution is -0.155. The Hall–Kier alpha value is -3.38. The van der Waals surface area contributed by atoms with E-state index in [-0.39, 0.29) is 11.7 Å². The summed E-state index contributed by atoms with van der Waals surface area (Å²) in [5, 5.41) is 22.0. The molecule has 1 unspecified atom stereocenters. The predicted octanol–water partition coefficient (Wildman–Crippen LogP) is 4.44. The second-order valence-corrected chi connectivity index (χ2v) is 9.18. The average Bonchev–Trinajstić information content (AvgIpc) is 3.19. The van der Waals surface area contributed by atoms with Crippen LogP contribution in [-0.2, 0) is 19.4 Å². The molecular formula is C26H24O6. The monoisotopic (exact) mass is 432 g/mol. The van der Waals surface area contributed by atoms with Gasteiger partial charge in [-0.05, 0) is 46.9 Å². The molecule has 164 valence electrons. The highest BCUT2D eigenvalue weighted by Gasteiger charge is 2.51. The molecule has 6 rings (SSSR count). The Bertz CT molecular complexity index is 1220. The highest BCUT2D eigenvalue weighted by Crippen LogP contribution is 2.54. The highest BCUT2D eigenvalue weighted by molar-refractivity contribution is 5.57. The topological polar surface area (TPSA) is 77.4 Å². The Labute approximate surface area is 185 Å². The van der Waals surface area contributed by atoms with Crippen LogP contribution in [0, 0.1) is 0 Å². The van der Waals surface area contributed by atoms with Gasteiger partial charge in [-0.1, -0.05) is 30.3 Å². The third kappa shape index (κ3) is 3.06. The number of fused-ring (bicyclic) bond motifs is 5. The molecule has 0 spiro atoms. The van der Waals surface area contributed by atoms with Crippen molar-refractivity contribution in [3.8, 4) is 28.7 Å². The summed E-state index contributed by atoms with van der Waals surface area (Å²) in [5.41, 5.74) is 3.79. The molecule has 3 aromatic rings. The summed E-state index contributed by atoms with van der Waals surface area (Å²) >= 11 is 0. The first-order valence-corrected chi connectivity index (χ1v) is 10.8. The van der Waals surface area contributed by atoms with E-state index in [1.807, 2.05) is 56.3 Å². The molecule has 0 radical (unpaired) electrons. The van der Waals surface area contributed by atoms with Gasteiger partial charge in [0.1, 0.15) is 12.4 Å². The van der Waals surface area contributed by atoms with Crippen molar-refractivity contribution in [1.29, 1.82) is 0 Å². The Kier molecular flexibility index (Phi) is 3.96. The van der Waals surface area contributed by atoms with Crippen LogP contribution in [0.25, 0.3) is 0 Å². The number of hydrogen-bond donors (Lipinski definition) is 2. The summed E-state index contributed by atoms with van der Waals surface area (Å²) in [6.07, 6.45) is 0.888. The zero-order valence-corrected chi connectivity index (χ0v) is 17.9. The van der Waals surface area contributed by atoms with Crippen LogP contribution in [0.1, 0.15) is 42.0 Å². The van der Waals surface area contributed by atoms with Crippen LogP contribution in [0.15, 0.2) is 54.6 Å². The molecule has 0 saturated heterocycles. The van der Waals surface area contributed by atoms with Crippen LogP contribution < -0.4 is 18.9 Å². The van der Waals surface area contributed by atoms with Gasteiger partial charge in [0.15, 0.2) is 23.0 Å². The lowest BCUT2D eigenvalue weighted by Crippen LogP contribution is -2.44. The largest absolute Gasteiger partial charge is 0.504 e. The number of phenolic OH excluding ortho intramolecular Hbond substituents is 1. The maximum absolute atomic E-state index is 11.4. The van der Waals surface area contributed by atoms with Crippen LogP contribution in [0.5, 0.6) is 28.7 Å². The summed E-state index contributed by atoms with van der Waals surface area (Å²) in [5.74, 6) is -0.0674. The lowest BCUT2D eigenvalue weighted by Gasteiger charge is -2.36. The quantitative estimate of drug-likeness (QED) is 0.637. The standard InChI is InChI=1S/C26H24O6/c1-25(2)30-23-10-17-13-26(28)19(18(17)11-24(23)31-25)8-16-9-20(27)22(12-21(16)32-26)29-14-15-6-4-3-5-7-15/h3-7,9-12,19,27-28H,8,13-14H2,1-2H3/t19?,26-/m0/s1. The van der Waals surface area contributed by atoms with E-state index < -0.39 is 11.6 Å². The van der Waals surface area contributed by atoms with E-state index in [0.29, 0.717) is 42.4 Å². The molecule has 6 heteroatoms. The molecule has 0 saturated carbocycles. The number of hydrogen-bond acceptors (Lipinski definition) is 6. The summed E-state index contributed by atoms with van der Waals surface area (Å²) in [6.45, 7) is 4.07. The van der Waals surface area contributed by atoms with E-state index in [4.69, 9.17) is 18.9 Å². The SMILES string of the molecule is CC1(C)Oc2cc3c(cc2O1)C1Cc2cc(O)c(OCc4ccccc4)cc2O[C@@]1(O)C3. The molecule has 0 fully saturated rings. The second kappa shape index (κ2) is 6.56. The van der Waals surface area contributed by atoms with Gasteiger partial charge in [-0.15, -0.1) is 0 Å². The Morgan fingerprint density at radius 1 is 0.938 bits per heavy atom. The molecule has 0 aromatic heterocycles. The van der Waals surface area contributed by atoms with Gasteiger partial charge in [-0.2, -0.15) is 0 Å². The smallest absolute Gasteiger partial charge is 0.246 e. The minimum absolute atomic E-state index is 0.0550. The van der Waals surface area contributed by atoms with Gasteiger partial charge in [0, 0.05) is 26.3 Å². The molecule has 2 N–H and O–H groups in total. The van der Waals surface area contributed by atoms with Crippen molar-refractivity contribution in [2.75, 3.05) is 0 Å². The molecular weight excluding hydrogens is 408 g/mol. The summed E-state index contributed by atoms with van der Waals surface area (Å²) in [6, 6.07) is 17.0. The fourth-order valence-electron chi connectivity index (χ4n) is 4.93. The van der Waals surface area contributed by atoms with Crippen LogP contribution in [0.3, 0.4) is 0 Å². The van der Waals surface area contributed by atoms with Crippen LogP contribution in [0.4, 0.5) is 0 Å². The maximum Gasteiger partial charge on any atom is 0.246 e. The third-order valence-electron chi connectivity index (χ3n) is 6.37. The number of ether oxygens (including phenoxy) is 4. The molecule has 0 bridgehead atoms. The van der Waals surface area contributed by atoms with Crippen molar-refractivity contribution in [2.45, 2.75) is 50.8 Å². The van der Waals surface area contributed by atoms with Gasteiger partial charge in [-0.25, -0.2) is 0 Å². The number of benzene rings is 3. The van der Waals surface area contributed by atoms with Crippen molar-refractivity contribution >= 4 is 0 Å². The number of aliphatic hydroxyl groups is 1. The first-order chi connectivity index (χ1) is 15.3. The molecule has 3 aromatic carbocycles.